The standard InChI is InChI=1S/C15H19N3OS/c1-3-4-5-10-13-17-18-15(20-13)16-14(19)12-9-7-6-8-11(12)2/h6-9H,3-5,10H2,1-2H3,(H,16,18,19). The Bertz CT molecular complexity index is 580. The second kappa shape index (κ2) is 7.14. The maximum atomic E-state index is 12.1. The molecule has 1 heterocycles. The first kappa shape index (κ1) is 14.7. The number of aromatic nitrogens is 2. The van der Waals surface area contributed by atoms with E-state index in [0.29, 0.717) is 10.7 Å². The highest BCUT2D eigenvalue weighted by Crippen LogP contribution is 2.19. The highest BCUT2D eigenvalue weighted by Gasteiger charge is 2.11. The third-order valence-electron chi connectivity index (χ3n) is 3.07. The van der Waals surface area contributed by atoms with Crippen LogP contribution in [0.25, 0.3) is 0 Å². The molecule has 0 saturated heterocycles. The van der Waals surface area contributed by atoms with E-state index in [9.17, 15) is 4.79 Å². The molecule has 0 saturated carbocycles. The molecule has 1 aromatic heterocycles. The summed E-state index contributed by atoms with van der Waals surface area (Å²) >= 11 is 1.46. The normalized spacial score (nSPS) is 10.5. The number of carbonyl (C=O) groups is 1. The van der Waals surface area contributed by atoms with Gasteiger partial charge in [0.2, 0.25) is 5.13 Å². The number of anilines is 1. The van der Waals surface area contributed by atoms with Gasteiger partial charge >= 0.3 is 0 Å². The number of unbranched alkanes of at least 4 members (excludes halogenated alkanes) is 2. The summed E-state index contributed by atoms with van der Waals surface area (Å²) < 4.78 is 0. The lowest BCUT2D eigenvalue weighted by molar-refractivity contribution is 0.102. The van der Waals surface area contributed by atoms with E-state index in [1.54, 1.807) is 0 Å². The molecule has 2 rings (SSSR count). The van der Waals surface area contributed by atoms with E-state index in [2.05, 4.69) is 22.4 Å². The zero-order valence-electron chi connectivity index (χ0n) is 11.8. The first-order valence-corrected chi connectivity index (χ1v) is 7.71. The molecule has 1 N–H and O–H groups in total. The van der Waals surface area contributed by atoms with Crippen LogP contribution in [0.5, 0.6) is 0 Å². The molecular weight excluding hydrogens is 270 g/mol. The Labute approximate surface area is 123 Å². The van der Waals surface area contributed by atoms with Gasteiger partial charge in [0.1, 0.15) is 5.01 Å². The van der Waals surface area contributed by atoms with Crippen molar-refractivity contribution in [1.29, 1.82) is 0 Å². The summed E-state index contributed by atoms with van der Waals surface area (Å²) in [6.07, 6.45) is 4.45. The van der Waals surface area contributed by atoms with Crippen molar-refractivity contribution in [3.05, 3.63) is 40.4 Å². The van der Waals surface area contributed by atoms with Crippen LogP contribution in [-0.2, 0) is 6.42 Å². The number of amides is 1. The van der Waals surface area contributed by atoms with Crippen LogP contribution < -0.4 is 5.32 Å². The van der Waals surface area contributed by atoms with Gasteiger partial charge in [-0.15, -0.1) is 10.2 Å². The van der Waals surface area contributed by atoms with Crippen molar-refractivity contribution >= 4 is 22.4 Å². The van der Waals surface area contributed by atoms with Crippen molar-refractivity contribution < 1.29 is 4.79 Å². The first-order valence-electron chi connectivity index (χ1n) is 6.90. The van der Waals surface area contributed by atoms with Gasteiger partial charge in [-0.05, 0) is 25.0 Å². The molecule has 0 bridgehead atoms. The Kier molecular flexibility index (Phi) is 5.24. The molecule has 0 aliphatic carbocycles. The minimum absolute atomic E-state index is 0.126. The molecule has 0 aliphatic heterocycles. The summed E-state index contributed by atoms with van der Waals surface area (Å²) in [6.45, 7) is 4.10. The van der Waals surface area contributed by atoms with E-state index in [1.807, 2.05) is 31.2 Å². The van der Waals surface area contributed by atoms with E-state index >= 15 is 0 Å². The summed E-state index contributed by atoms with van der Waals surface area (Å²) in [6, 6.07) is 7.51. The minimum atomic E-state index is -0.126. The second-order valence-electron chi connectivity index (χ2n) is 4.73. The third-order valence-corrected chi connectivity index (χ3v) is 3.97. The summed E-state index contributed by atoms with van der Waals surface area (Å²) in [5, 5.41) is 12.5. The largest absolute Gasteiger partial charge is 0.296 e. The van der Waals surface area contributed by atoms with E-state index in [0.717, 1.165) is 23.4 Å². The molecular formula is C15H19N3OS. The van der Waals surface area contributed by atoms with Crippen LogP contribution in [-0.4, -0.2) is 16.1 Å². The zero-order valence-corrected chi connectivity index (χ0v) is 12.7. The summed E-state index contributed by atoms with van der Waals surface area (Å²) in [5.74, 6) is -0.126. The Hall–Kier alpha value is -1.75. The quantitative estimate of drug-likeness (QED) is 0.822. The number of aryl methyl sites for hydroxylation is 2. The minimum Gasteiger partial charge on any atom is -0.296 e. The fourth-order valence-corrected chi connectivity index (χ4v) is 2.70. The van der Waals surface area contributed by atoms with Crippen molar-refractivity contribution in [2.45, 2.75) is 39.5 Å². The molecule has 0 fully saturated rings. The van der Waals surface area contributed by atoms with E-state index in [-0.39, 0.29) is 5.91 Å². The van der Waals surface area contributed by atoms with Crippen molar-refractivity contribution in [3.63, 3.8) is 0 Å². The molecule has 1 aromatic carbocycles. The van der Waals surface area contributed by atoms with Gasteiger partial charge in [0.25, 0.3) is 5.91 Å². The molecule has 0 spiro atoms. The lowest BCUT2D eigenvalue weighted by atomic mass is 10.1. The van der Waals surface area contributed by atoms with Crippen LogP contribution in [0.1, 0.15) is 47.1 Å². The fourth-order valence-electron chi connectivity index (χ4n) is 1.92. The fraction of sp³-hybridized carbons (Fsp3) is 0.400. The van der Waals surface area contributed by atoms with Gasteiger partial charge in [0.05, 0.1) is 0 Å². The number of hydrogen-bond acceptors (Lipinski definition) is 4. The van der Waals surface area contributed by atoms with E-state index in [1.165, 1.54) is 24.2 Å². The maximum Gasteiger partial charge on any atom is 0.257 e. The third kappa shape index (κ3) is 3.87. The predicted molar refractivity (Wildman–Crippen MR) is 82.3 cm³/mol. The molecule has 106 valence electrons. The molecule has 0 unspecified atom stereocenters. The monoisotopic (exact) mass is 289 g/mol. The summed E-state index contributed by atoms with van der Waals surface area (Å²) in [5.41, 5.74) is 1.63. The van der Waals surface area contributed by atoms with Gasteiger partial charge in [0, 0.05) is 12.0 Å². The van der Waals surface area contributed by atoms with Crippen LogP contribution in [0.15, 0.2) is 24.3 Å². The predicted octanol–water partition coefficient (Wildman–Crippen LogP) is 3.83. The lowest BCUT2D eigenvalue weighted by Gasteiger charge is -2.03. The van der Waals surface area contributed by atoms with Gasteiger partial charge in [-0.25, -0.2) is 0 Å². The molecule has 0 atom stereocenters. The molecule has 0 aliphatic rings. The highest BCUT2D eigenvalue weighted by atomic mass is 32.1. The molecule has 2 aromatic rings. The van der Waals surface area contributed by atoms with Crippen LogP contribution >= 0.6 is 11.3 Å². The van der Waals surface area contributed by atoms with Crippen molar-refractivity contribution in [1.82, 2.24) is 10.2 Å². The van der Waals surface area contributed by atoms with E-state index in [4.69, 9.17) is 0 Å². The number of hydrogen-bond donors (Lipinski definition) is 1. The maximum absolute atomic E-state index is 12.1. The van der Waals surface area contributed by atoms with Gasteiger partial charge in [-0.2, -0.15) is 0 Å². The van der Waals surface area contributed by atoms with Crippen molar-refractivity contribution in [2.24, 2.45) is 0 Å². The number of carbonyl (C=O) groups excluding carboxylic acids is 1. The molecule has 5 heteroatoms. The first-order chi connectivity index (χ1) is 9.70. The highest BCUT2D eigenvalue weighted by molar-refractivity contribution is 7.15. The van der Waals surface area contributed by atoms with Crippen LogP contribution in [0.2, 0.25) is 0 Å². The van der Waals surface area contributed by atoms with Crippen LogP contribution in [0.3, 0.4) is 0 Å². The van der Waals surface area contributed by atoms with Gasteiger partial charge in [-0.1, -0.05) is 49.3 Å². The summed E-state index contributed by atoms with van der Waals surface area (Å²) in [4.78, 5) is 12.1. The molecule has 1 amide bonds. The summed E-state index contributed by atoms with van der Waals surface area (Å²) in [7, 11) is 0. The Morgan fingerprint density at radius 2 is 2.05 bits per heavy atom. The Balaban J connectivity index is 1.97. The molecule has 0 radical (unpaired) electrons. The smallest absolute Gasteiger partial charge is 0.257 e. The zero-order chi connectivity index (χ0) is 14.4. The Morgan fingerprint density at radius 3 is 2.80 bits per heavy atom. The number of nitrogens with one attached hydrogen (secondary N) is 1. The Morgan fingerprint density at radius 1 is 1.25 bits per heavy atom. The lowest BCUT2D eigenvalue weighted by Crippen LogP contribution is -2.12. The van der Waals surface area contributed by atoms with Crippen molar-refractivity contribution in [2.75, 3.05) is 5.32 Å². The number of rotatable bonds is 6. The number of benzene rings is 1. The van der Waals surface area contributed by atoms with Crippen LogP contribution in [0, 0.1) is 6.92 Å². The van der Waals surface area contributed by atoms with Gasteiger partial charge in [0.15, 0.2) is 0 Å². The topological polar surface area (TPSA) is 54.9 Å². The average molecular weight is 289 g/mol. The van der Waals surface area contributed by atoms with Crippen LogP contribution in [0.4, 0.5) is 5.13 Å². The molecule has 4 nitrogen and oxygen atoms in total. The number of nitrogens with zero attached hydrogens (tertiary/aromatic N) is 2. The average Bonchev–Trinajstić information content (AvgIpc) is 2.87. The van der Waals surface area contributed by atoms with Gasteiger partial charge < -0.3 is 0 Å². The van der Waals surface area contributed by atoms with E-state index < -0.39 is 0 Å². The molecule has 20 heavy (non-hydrogen) atoms. The second-order valence-corrected chi connectivity index (χ2v) is 5.79. The van der Waals surface area contributed by atoms with Crippen molar-refractivity contribution in [3.8, 4) is 0 Å². The van der Waals surface area contributed by atoms with Gasteiger partial charge in [-0.3, -0.25) is 10.1 Å². The SMILES string of the molecule is CCCCCc1nnc(NC(=O)c2ccccc2C)s1.